The molecule has 3 nitrogen and oxygen atoms in total. The number of hydrogen-bond donors (Lipinski definition) is 2. The molecule has 3 heteroatoms. The monoisotopic (exact) mass is 206 g/mol. The Morgan fingerprint density at radius 2 is 2.07 bits per heavy atom. The topological polar surface area (TPSA) is 57.5 Å². The number of aliphatic carboxylic acids is 1. The first-order valence-corrected chi connectivity index (χ1v) is 4.67. The number of carboxylic acids is 1. The second kappa shape index (κ2) is 4.75. The first-order valence-electron chi connectivity index (χ1n) is 4.67. The van der Waals surface area contributed by atoms with Crippen LogP contribution in [0.4, 0.5) is 0 Å². The molecule has 2 atom stereocenters. The molecular formula is C12H14O3. The van der Waals surface area contributed by atoms with Crippen LogP contribution >= 0.6 is 0 Å². The number of rotatable bonds is 4. The Labute approximate surface area is 88.7 Å². The predicted molar refractivity (Wildman–Crippen MR) is 57.8 cm³/mol. The lowest BCUT2D eigenvalue weighted by Gasteiger charge is -2.18. The van der Waals surface area contributed by atoms with Gasteiger partial charge in [0.15, 0.2) is 0 Å². The smallest absolute Gasteiger partial charge is 0.313 e. The summed E-state index contributed by atoms with van der Waals surface area (Å²) in [5.74, 6) is -1.99. The number of aliphatic hydroxyl groups excluding tert-OH is 1. The molecule has 0 fully saturated rings. The molecule has 0 bridgehead atoms. The molecule has 0 aliphatic carbocycles. The normalized spacial score (nSPS) is 14.3. The van der Waals surface area contributed by atoms with Gasteiger partial charge in [-0.15, -0.1) is 6.58 Å². The number of carbonyl (C=O) groups is 1. The van der Waals surface area contributed by atoms with E-state index in [0.29, 0.717) is 5.56 Å². The molecule has 0 saturated heterocycles. The van der Waals surface area contributed by atoms with E-state index in [9.17, 15) is 9.90 Å². The summed E-state index contributed by atoms with van der Waals surface area (Å²) in [5.41, 5.74) is 1.48. The van der Waals surface area contributed by atoms with E-state index < -0.39 is 18.0 Å². The third-order valence-corrected chi connectivity index (χ3v) is 2.37. The van der Waals surface area contributed by atoms with Crippen molar-refractivity contribution in [3.05, 3.63) is 48.0 Å². The van der Waals surface area contributed by atoms with E-state index in [0.717, 1.165) is 5.56 Å². The summed E-state index contributed by atoms with van der Waals surface area (Å²) < 4.78 is 0. The second-order valence-corrected chi connectivity index (χ2v) is 3.40. The lowest BCUT2D eigenvalue weighted by molar-refractivity contribution is -0.140. The van der Waals surface area contributed by atoms with E-state index in [2.05, 4.69) is 6.58 Å². The molecule has 80 valence electrons. The van der Waals surface area contributed by atoms with Gasteiger partial charge in [-0.3, -0.25) is 4.79 Å². The van der Waals surface area contributed by atoms with E-state index in [1.54, 1.807) is 12.1 Å². The number of benzene rings is 1. The quantitative estimate of drug-likeness (QED) is 0.737. The van der Waals surface area contributed by atoms with Crippen LogP contribution in [0.3, 0.4) is 0 Å². The van der Waals surface area contributed by atoms with Gasteiger partial charge in [-0.1, -0.05) is 30.3 Å². The molecule has 0 aromatic heterocycles. The molecule has 2 unspecified atom stereocenters. The molecule has 1 aromatic rings. The van der Waals surface area contributed by atoms with Crippen LogP contribution < -0.4 is 0 Å². The molecule has 0 spiro atoms. The Bertz CT molecular complexity index is 371. The zero-order valence-corrected chi connectivity index (χ0v) is 8.55. The van der Waals surface area contributed by atoms with Gasteiger partial charge >= 0.3 is 5.97 Å². The number of aryl methyl sites for hydroxylation is 1. The summed E-state index contributed by atoms with van der Waals surface area (Å²) in [7, 11) is 0. The van der Waals surface area contributed by atoms with Crippen LogP contribution in [-0.2, 0) is 4.79 Å². The van der Waals surface area contributed by atoms with E-state index >= 15 is 0 Å². The number of aliphatic hydroxyl groups is 1. The van der Waals surface area contributed by atoms with Gasteiger partial charge in [0.2, 0.25) is 0 Å². The first kappa shape index (κ1) is 11.5. The molecule has 0 aliphatic rings. The van der Waals surface area contributed by atoms with Gasteiger partial charge in [0.05, 0.1) is 6.10 Å². The molecule has 0 saturated carbocycles. The Kier molecular flexibility index (Phi) is 3.63. The molecule has 0 heterocycles. The average Bonchev–Trinajstić information content (AvgIpc) is 2.20. The molecular weight excluding hydrogens is 192 g/mol. The fraction of sp³-hybridized carbons (Fsp3) is 0.250. The standard InChI is InChI=1S/C12H14O3/c1-3-10(13)11(12(14)15)9-7-5-4-6-8(9)2/h3-7,10-11,13H,1H2,2H3,(H,14,15). The molecule has 0 radical (unpaired) electrons. The van der Waals surface area contributed by atoms with Crippen molar-refractivity contribution in [3.8, 4) is 0 Å². The van der Waals surface area contributed by atoms with E-state index in [1.807, 2.05) is 19.1 Å². The minimum Gasteiger partial charge on any atom is -0.481 e. The van der Waals surface area contributed by atoms with Crippen molar-refractivity contribution in [1.82, 2.24) is 0 Å². The van der Waals surface area contributed by atoms with Crippen molar-refractivity contribution in [2.24, 2.45) is 0 Å². The molecule has 1 rings (SSSR count). The lowest BCUT2D eigenvalue weighted by Crippen LogP contribution is -2.24. The van der Waals surface area contributed by atoms with Crippen LogP contribution in [0.15, 0.2) is 36.9 Å². The zero-order valence-electron chi connectivity index (χ0n) is 8.55. The van der Waals surface area contributed by atoms with Crippen LogP contribution in [0.5, 0.6) is 0 Å². The summed E-state index contributed by atoms with van der Waals surface area (Å²) in [4.78, 5) is 11.0. The van der Waals surface area contributed by atoms with Crippen LogP contribution in [-0.4, -0.2) is 22.3 Å². The van der Waals surface area contributed by atoms with Gasteiger partial charge in [0, 0.05) is 0 Å². The van der Waals surface area contributed by atoms with E-state index in [4.69, 9.17) is 5.11 Å². The summed E-state index contributed by atoms with van der Waals surface area (Å²) >= 11 is 0. The maximum absolute atomic E-state index is 11.0. The maximum Gasteiger partial charge on any atom is 0.313 e. The summed E-state index contributed by atoms with van der Waals surface area (Å²) in [5, 5.41) is 18.6. The highest BCUT2D eigenvalue weighted by atomic mass is 16.4. The molecule has 1 aromatic carbocycles. The minimum atomic E-state index is -1.07. The SMILES string of the molecule is C=CC(O)C(C(=O)O)c1ccccc1C. The summed E-state index contributed by atoms with van der Waals surface area (Å²) in [6, 6.07) is 7.12. The van der Waals surface area contributed by atoms with Gasteiger partial charge in [0.1, 0.15) is 5.92 Å². The van der Waals surface area contributed by atoms with Gasteiger partial charge in [-0.2, -0.15) is 0 Å². The number of hydrogen-bond acceptors (Lipinski definition) is 2. The largest absolute Gasteiger partial charge is 0.481 e. The molecule has 0 amide bonds. The van der Waals surface area contributed by atoms with Crippen molar-refractivity contribution in [3.63, 3.8) is 0 Å². The van der Waals surface area contributed by atoms with Crippen LogP contribution in [0.1, 0.15) is 17.0 Å². The van der Waals surface area contributed by atoms with Crippen molar-refractivity contribution in [2.45, 2.75) is 18.9 Å². The van der Waals surface area contributed by atoms with Crippen LogP contribution in [0.25, 0.3) is 0 Å². The molecule has 2 N–H and O–H groups in total. The predicted octanol–water partition coefficient (Wildman–Crippen LogP) is 1.71. The Morgan fingerprint density at radius 1 is 1.47 bits per heavy atom. The lowest BCUT2D eigenvalue weighted by atomic mass is 9.90. The maximum atomic E-state index is 11.0. The summed E-state index contributed by atoms with van der Waals surface area (Å²) in [6.45, 7) is 5.23. The van der Waals surface area contributed by atoms with Gasteiger partial charge < -0.3 is 10.2 Å². The molecule has 15 heavy (non-hydrogen) atoms. The minimum absolute atomic E-state index is 0.623. The fourth-order valence-corrected chi connectivity index (χ4v) is 1.53. The highest BCUT2D eigenvalue weighted by Gasteiger charge is 2.27. The Hall–Kier alpha value is -1.61. The van der Waals surface area contributed by atoms with E-state index in [1.165, 1.54) is 6.08 Å². The highest BCUT2D eigenvalue weighted by Crippen LogP contribution is 2.23. The van der Waals surface area contributed by atoms with Crippen molar-refractivity contribution >= 4 is 5.97 Å². The van der Waals surface area contributed by atoms with E-state index in [-0.39, 0.29) is 0 Å². The average molecular weight is 206 g/mol. The van der Waals surface area contributed by atoms with Crippen molar-refractivity contribution in [1.29, 1.82) is 0 Å². The third kappa shape index (κ3) is 2.44. The van der Waals surface area contributed by atoms with Crippen LogP contribution in [0.2, 0.25) is 0 Å². The second-order valence-electron chi connectivity index (χ2n) is 3.40. The Balaban J connectivity index is 3.15. The molecule has 0 aliphatic heterocycles. The fourth-order valence-electron chi connectivity index (χ4n) is 1.53. The van der Waals surface area contributed by atoms with Crippen molar-refractivity contribution in [2.75, 3.05) is 0 Å². The highest BCUT2D eigenvalue weighted by molar-refractivity contribution is 5.77. The third-order valence-electron chi connectivity index (χ3n) is 2.37. The first-order chi connectivity index (χ1) is 7.07. The van der Waals surface area contributed by atoms with Crippen molar-refractivity contribution < 1.29 is 15.0 Å². The van der Waals surface area contributed by atoms with Crippen LogP contribution in [0, 0.1) is 6.92 Å². The number of carboxylic acid groups (broad SMARTS) is 1. The van der Waals surface area contributed by atoms with Gasteiger partial charge in [-0.25, -0.2) is 0 Å². The summed E-state index contributed by atoms with van der Waals surface area (Å²) in [6.07, 6.45) is 0.175. The Morgan fingerprint density at radius 3 is 2.53 bits per heavy atom. The zero-order chi connectivity index (χ0) is 11.4. The van der Waals surface area contributed by atoms with Gasteiger partial charge in [-0.05, 0) is 18.1 Å². The van der Waals surface area contributed by atoms with Gasteiger partial charge in [0.25, 0.3) is 0 Å².